The molecular weight excluding hydrogens is 210 g/mol. The summed E-state index contributed by atoms with van der Waals surface area (Å²) in [6, 6.07) is 0. The summed E-state index contributed by atoms with van der Waals surface area (Å²) >= 11 is 0. The first-order valence-corrected chi connectivity index (χ1v) is 5.78. The molecule has 98 valence electrons. The van der Waals surface area contributed by atoms with Gasteiger partial charge in [0.15, 0.2) is 0 Å². The third kappa shape index (κ3) is 15.8. The largest absolute Gasteiger partial charge is 0.481 e. The number of aliphatic hydroxyl groups is 2. The Morgan fingerprint density at radius 3 is 1.75 bits per heavy atom. The van der Waals surface area contributed by atoms with Crippen molar-refractivity contribution in [2.75, 3.05) is 32.8 Å². The molecule has 0 fully saturated rings. The lowest BCUT2D eigenvalue weighted by molar-refractivity contribution is -0.136. The van der Waals surface area contributed by atoms with Crippen molar-refractivity contribution in [1.29, 1.82) is 0 Å². The quantitative estimate of drug-likeness (QED) is 0.572. The highest BCUT2D eigenvalue weighted by atomic mass is 16.4. The fourth-order valence-electron chi connectivity index (χ4n) is 1.000. The van der Waals surface area contributed by atoms with Gasteiger partial charge in [0.25, 0.3) is 0 Å². The summed E-state index contributed by atoms with van der Waals surface area (Å²) in [7, 11) is 0. The van der Waals surface area contributed by atoms with Crippen molar-refractivity contribution < 1.29 is 20.1 Å². The van der Waals surface area contributed by atoms with Crippen molar-refractivity contribution in [2.45, 2.75) is 33.1 Å². The summed E-state index contributed by atoms with van der Waals surface area (Å²) in [5, 5.41) is 25.0. The van der Waals surface area contributed by atoms with Crippen LogP contribution in [0.1, 0.15) is 33.1 Å². The fraction of sp³-hybridized carbons (Fsp3) is 0.909. The van der Waals surface area contributed by atoms with Crippen LogP contribution in [0, 0.1) is 0 Å². The number of carbonyl (C=O) groups is 1. The maximum Gasteiger partial charge on any atom is 0.303 e. The van der Waals surface area contributed by atoms with Crippen LogP contribution in [0.3, 0.4) is 0 Å². The molecule has 0 rings (SSSR count). The van der Waals surface area contributed by atoms with E-state index in [0.717, 1.165) is 19.4 Å². The zero-order valence-corrected chi connectivity index (χ0v) is 10.4. The Morgan fingerprint density at radius 2 is 1.50 bits per heavy atom. The second kappa shape index (κ2) is 14.3. The standard InChI is InChI=1S/C8H19NO2.C3H6O2/c1-2-3-4-9(5-7-10)6-8-11;1-2-3(4)5/h10-11H,2-8H2,1H3;2H2,1H3,(H,4,5). The van der Waals surface area contributed by atoms with Crippen LogP contribution in [-0.4, -0.2) is 59.0 Å². The number of carboxylic acids is 1. The van der Waals surface area contributed by atoms with Gasteiger partial charge in [-0.1, -0.05) is 20.3 Å². The van der Waals surface area contributed by atoms with Gasteiger partial charge in [0.05, 0.1) is 13.2 Å². The molecule has 0 unspecified atom stereocenters. The van der Waals surface area contributed by atoms with E-state index in [-0.39, 0.29) is 19.6 Å². The van der Waals surface area contributed by atoms with Gasteiger partial charge < -0.3 is 15.3 Å². The minimum Gasteiger partial charge on any atom is -0.481 e. The molecule has 0 saturated heterocycles. The van der Waals surface area contributed by atoms with Gasteiger partial charge >= 0.3 is 5.97 Å². The Labute approximate surface area is 97.7 Å². The predicted octanol–water partition coefficient (Wildman–Crippen LogP) is 0.554. The molecule has 0 amide bonds. The third-order valence-electron chi connectivity index (χ3n) is 1.96. The normalized spacial score (nSPS) is 9.81. The fourth-order valence-corrected chi connectivity index (χ4v) is 1.000. The van der Waals surface area contributed by atoms with Crippen LogP contribution in [0.4, 0.5) is 0 Å². The van der Waals surface area contributed by atoms with Gasteiger partial charge in [0.1, 0.15) is 0 Å². The van der Waals surface area contributed by atoms with Gasteiger partial charge in [-0.25, -0.2) is 0 Å². The lowest BCUT2D eigenvalue weighted by Gasteiger charge is -2.19. The maximum atomic E-state index is 9.37. The van der Waals surface area contributed by atoms with E-state index in [4.69, 9.17) is 15.3 Å². The van der Waals surface area contributed by atoms with Crippen LogP contribution in [0.15, 0.2) is 0 Å². The van der Waals surface area contributed by atoms with Crippen molar-refractivity contribution in [3.8, 4) is 0 Å². The van der Waals surface area contributed by atoms with Crippen molar-refractivity contribution in [1.82, 2.24) is 4.90 Å². The van der Waals surface area contributed by atoms with Gasteiger partial charge in [-0.15, -0.1) is 0 Å². The monoisotopic (exact) mass is 235 g/mol. The highest BCUT2D eigenvalue weighted by Gasteiger charge is 2.00. The first kappa shape index (κ1) is 17.7. The molecule has 0 radical (unpaired) electrons. The van der Waals surface area contributed by atoms with Crippen molar-refractivity contribution in [3.63, 3.8) is 0 Å². The molecule has 5 nitrogen and oxygen atoms in total. The molecule has 0 saturated carbocycles. The molecule has 0 aromatic carbocycles. The average Bonchev–Trinajstić information content (AvgIpc) is 2.27. The number of hydrogen-bond donors (Lipinski definition) is 3. The number of rotatable bonds is 8. The highest BCUT2D eigenvalue weighted by Crippen LogP contribution is 1.93. The molecule has 5 heteroatoms. The second-order valence-corrected chi connectivity index (χ2v) is 3.39. The van der Waals surface area contributed by atoms with E-state index < -0.39 is 5.97 Å². The SMILES string of the molecule is CCC(=O)O.CCCCN(CCO)CCO. The molecular formula is C11H25NO4. The van der Waals surface area contributed by atoms with E-state index in [1.54, 1.807) is 6.92 Å². The summed E-state index contributed by atoms with van der Waals surface area (Å²) in [5.74, 6) is -0.745. The number of hydrogen-bond acceptors (Lipinski definition) is 4. The van der Waals surface area contributed by atoms with E-state index in [9.17, 15) is 4.79 Å². The number of aliphatic hydroxyl groups excluding tert-OH is 2. The summed E-state index contributed by atoms with van der Waals surface area (Å²) < 4.78 is 0. The Morgan fingerprint density at radius 1 is 1.06 bits per heavy atom. The molecule has 0 atom stereocenters. The van der Waals surface area contributed by atoms with Gasteiger partial charge in [0.2, 0.25) is 0 Å². The maximum absolute atomic E-state index is 9.37. The van der Waals surface area contributed by atoms with Gasteiger partial charge in [0, 0.05) is 19.5 Å². The molecule has 16 heavy (non-hydrogen) atoms. The number of carboxylic acid groups (broad SMARTS) is 1. The minimum absolute atomic E-state index is 0.184. The molecule has 0 bridgehead atoms. The first-order chi connectivity index (χ1) is 7.62. The average molecular weight is 235 g/mol. The van der Waals surface area contributed by atoms with Crippen LogP contribution < -0.4 is 0 Å². The van der Waals surface area contributed by atoms with E-state index >= 15 is 0 Å². The third-order valence-corrected chi connectivity index (χ3v) is 1.96. The van der Waals surface area contributed by atoms with Crippen LogP contribution in [0.5, 0.6) is 0 Å². The lowest BCUT2D eigenvalue weighted by Crippen LogP contribution is -2.30. The first-order valence-electron chi connectivity index (χ1n) is 5.78. The molecule has 0 heterocycles. The molecule has 0 aliphatic rings. The van der Waals surface area contributed by atoms with Gasteiger partial charge in [-0.05, 0) is 13.0 Å². The molecule has 3 N–H and O–H groups in total. The summed E-state index contributed by atoms with van der Waals surface area (Å²) in [6.45, 7) is 6.45. The molecule has 0 aromatic heterocycles. The Kier molecular flexibility index (Phi) is 15.9. The second-order valence-electron chi connectivity index (χ2n) is 3.39. The van der Waals surface area contributed by atoms with E-state index in [0.29, 0.717) is 13.1 Å². The van der Waals surface area contributed by atoms with Crippen molar-refractivity contribution in [3.05, 3.63) is 0 Å². The van der Waals surface area contributed by atoms with Crippen LogP contribution in [0.2, 0.25) is 0 Å². The smallest absolute Gasteiger partial charge is 0.303 e. The van der Waals surface area contributed by atoms with Gasteiger partial charge in [-0.2, -0.15) is 0 Å². The van der Waals surface area contributed by atoms with Crippen LogP contribution in [0.25, 0.3) is 0 Å². The van der Waals surface area contributed by atoms with Crippen LogP contribution >= 0.6 is 0 Å². The summed E-state index contributed by atoms with van der Waals surface area (Å²) in [6.07, 6.45) is 2.52. The Bertz CT molecular complexity index is 147. The zero-order chi connectivity index (χ0) is 12.8. The minimum atomic E-state index is -0.745. The van der Waals surface area contributed by atoms with Crippen LogP contribution in [-0.2, 0) is 4.79 Å². The predicted molar refractivity (Wildman–Crippen MR) is 63.4 cm³/mol. The van der Waals surface area contributed by atoms with Gasteiger partial charge in [-0.3, -0.25) is 9.69 Å². The number of nitrogens with zero attached hydrogens (tertiary/aromatic N) is 1. The molecule has 0 aromatic rings. The summed E-state index contributed by atoms with van der Waals surface area (Å²) in [4.78, 5) is 11.4. The molecule has 0 aliphatic carbocycles. The Hall–Kier alpha value is -0.650. The topological polar surface area (TPSA) is 81.0 Å². The highest BCUT2D eigenvalue weighted by molar-refractivity contribution is 5.66. The zero-order valence-electron chi connectivity index (χ0n) is 10.4. The number of unbranched alkanes of at least 4 members (excludes halogenated alkanes) is 1. The van der Waals surface area contributed by atoms with E-state index in [1.807, 2.05) is 0 Å². The molecule has 0 aliphatic heterocycles. The van der Waals surface area contributed by atoms with Crippen molar-refractivity contribution in [2.24, 2.45) is 0 Å². The van der Waals surface area contributed by atoms with Crippen molar-refractivity contribution >= 4 is 5.97 Å². The number of aliphatic carboxylic acids is 1. The van der Waals surface area contributed by atoms with E-state index in [2.05, 4.69) is 11.8 Å². The van der Waals surface area contributed by atoms with E-state index in [1.165, 1.54) is 0 Å². The Balaban J connectivity index is 0. The molecule has 0 spiro atoms. The summed E-state index contributed by atoms with van der Waals surface area (Å²) in [5.41, 5.74) is 0. The lowest BCUT2D eigenvalue weighted by atomic mass is 10.3.